The molecular formula is C22H18F2O. The highest BCUT2D eigenvalue weighted by atomic mass is 19.2. The van der Waals surface area contributed by atoms with E-state index in [0.29, 0.717) is 23.5 Å². The number of hydrogen-bond acceptors (Lipinski definition) is 1. The van der Waals surface area contributed by atoms with Gasteiger partial charge in [0.05, 0.1) is 6.61 Å². The topological polar surface area (TPSA) is 9.23 Å². The van der Waals surface area contributed by atoms with Crippen LogP contribution in [0.2, 0.25) is 0 Å². The molecule has 0 fully saturated rings. The molecule has 0 aliphatic rings. The van der Waals surface area contributed by atoms with Crippen LogP contribution < -0.4 is 4.74 Å². The van der Waals surface area contributed by atoms with Crippen LogP contribution in [0.4, 0.5) is 8.78 Å². The summed E-state index contributed by atoms with van der Waals surface area (Å²) in [7, 11) is 0. The van der Waals surface area contributed by atoms with Crippen LogP contribution in [0.5, 0.6) is 5.75 Å². The number of allylic oxidation sites excluding steroid dienone is 2. The Kier molecular flexibility index (Phi) is 6.81. The normalized spacial score (nSPS) is 10.7. The predicted octanol–water partition coefficient (Wildman–Crippen LogP) is 5.20. The van der Waals surface area contributed by atoms with Crippen molar-refractivity contribution in [3.8, 4) is 29.4 Å². The molecule has 1 nitrogen and oxygen atoms in total. The maximum absolute atomic E-state index is 13.7. The van der Waals surface area contributed by atoms with Crippen molar-refractivity contribution in [3.05, 3.63) is 76.9 Å². The summed E-state index contributed by atoms with van der Waals surface area (Å²) in [6.07, 6.45) is 0.914. The highest BCUT2D eigenvalue weighted by Crippen LogP contribution is 2.12. The Morgan fingerprint density at radius 3 is 1.72 bits per heavy atom. The van der Waals surface area contributed by atoms with Gasteiger partial charge >= 0.3 is 0 Å². The maximum atomic E-state index is 13.7. The molecule has 0 N–H and O–H groups in total. The van der Waals surface area contributed by atoms with Crippen LogP contribution in [-0.2, 0) is 6.42 Å². The summed E-state index contributed by atoms with van der Waals surface area (Å²) in [4.78, 5) is 0. The van der Waals surface area contributed by atoms with E-state index < -0.39 is 11.7 Å². The average molecular weight is 336 g/mol. The summed E-state index contributed by atoms with van der Waals surface area (Å²) in [6, 6.07) is 14.2. The van der Waals surface area contributed by atoms with Crippen LogP contribution in [0.3, 0.4) is 0 Å². The standard InChI is InChI=1S/C22H18F2O/c1-3-17-5-7-18(8-6-17)11-15-21(23)22(24)16-12-19-9-13-20(14-10-19)25-4-2/h5-10,13-14H,3-4H2,1-2H3/b22-21+. The molecule has 0 heterocycles. The van der Waals surface area contributed by atoms with Gasteiger partial charge in [-0.05, 0) is 67.1 Å². The highest BCUT2D eigenvalue weighted by molar-refractivity contribution is 5.46. The van der Waals surface area contributed by atoms with Gasteiger partial charge in [-0.1, -0.05) is 30.9 Å². The monoisotopic (exact) mass is 336 g/mol. The summed E-state index contributed by atoms with van der Waals surface area (Å²) in [6.45, 7) is 4.49. The minimum absolute atomic E-state index is 0.563. The Morgan fingerprint density at radius 2 is 1.28 bits per heavy atom. The molecule has 2 rings (SSSR count). The fraction of sp³-hybridized carbons (Fsp3) is 0.182. The zero-order chi connectivity index (χ0) is 18.1. The lowest BCUT2D eigenvalue weighted by atomic mass is 10.1. The molecule has 0 radical (unpaired) electrons. The van der Waals surface area contributed by atoms with Crippen LogP contribution in [0, 0.1) is 23.7 Å². The van der Waals surface area contributed by atoms with E-state index in [0.717, 1.165) is 12.0 Å². The van der Waals surface area contributed by atoms with Crippen LogP contribution in [0.15, 0.2) is 60.2 Å². The number of ether oxygens (including phenoxy) is 1. The second kappa shape index (κ2) is 9.30. The number of halogens is 2. The fourth-order valence-corrected chi connectivity index (χ4v) is 1.99. The maximum Gasteiger partial charge on any atom is 0.217 e. The molecule has 3 heteroatoms. The minimum atomic E-state index is -1.17. The van der Waals surface area contributed by atoms with Crippen LogP contribution in [0.1, 0.15) is 30.5 Å². The molecule has 0 unspecified atom stereocenters. The van der Waals surface area contributed by atoms with Crippen molar-refractivity contribution >= 4 is 0 Å². The molecule has 25 heavy (non-hydrogen) atoms. The number of rotatable bonds is 3. The molecular weight excluding hydrogens is 318 g/mol. The van der Waals surface area contributed by atoms with Gasteiger partial charge in [0, 0.05) is 11.1 Å². The Morgan fingerprint density at radius 1 is 0.800 bits per heavy atom. The molecule has 126 valence electrons. The predicted molar refractivity (Wildman–Crippen MR) is 96.4 cm³/mol. The molecule has 0 aliphatic heterocycles. The van der Waals surface area contributed by atoms with Gasteiger partial charge in [-0.3, -0.25) is 0 Å². The van der Waals surface area contributed by atoms with Gasteiger partial charge in [0.25, 0.3) is 0 Å². The Bertz CT molecular complexity index is 855. The van der Waals surface area contributed by atoms with Crippen molar-refractivity contribution < 1.29 is 13.5 Å². The lowest BCUT2D eigenvalue weighted by molar-refractivity contribution is 0.340. The zero-order valence-electron chi connectivity index (χ0n) is 14.2. The van der Waals surface area contributed by atoms with Crippen LogP contribution in [-0.4, -0.2) is 6.61 Å². The van der Waals surface area contributed by atoms with Crippen molar-refractivity contribution in [2.24, 2.45) is 0 Å². The van der Waals surface area contributed by atoms with Crippen molar-refractivity contribution in [1.82, 2.24) is 0 Å². The summed E-state index contributed by atoms with van der Waals surface area (Å²) in [5.41, 5.74) is 2.35. The van der Waals surface area contributed by atoms with Gasteiger partial charge in [0.2, 0.25) is 11.7 Å². The number of aryl methyl sites for hydroxylation is 1. The quantitative estimate of drug-likeness (QED) is 0.700. The van der Waals surface area contributed by atoms with Gasteiger partial charge in [-0.15, -0.1) is 0 Å². The molecule has 0 aromatic heterocycles. The lowest BCUT2D eigenvalue weighted by Gasteiger charge is -2.01. The smallest absolute Gasteiger partial charge is 0.217 e. The molecule has 0 saturated carbocycles. The Labute approximate surface area is 147 Å². The van der Waals surface area contributed by atoms with E-state index in [4.69, 9.17) is 4.74 Å². The highest BCUT2D eigenvalue weighted by Gasteiger charge is 1.99. The number of benzene rings is 2. The first-order valence-electron chi connectivity index (χ1n) is 8.03. The summed E-state index contributed by atoms with van der Waals surface area (Å²) < 4.78 is 32.7. The number of hydrogen-bond donors (Lipinski definition) is 0. The second-order valence-corrected chi connectivity index (χ2v) is 5.14. The lowest BCUT2D eigenvalue weighted by Crippen LogP contribution is -1.90. The first-order valence-corrected chi connectivity index (χ1v) is 8.03. The van der Waals surface area contributed by atoms with Gasteiger partial charge in [0.15, 0.2) is 0 Å². The Hall–Kier alpha value is -3.04. The summed E-state index contributed by atoms with van der Waals surface area (Å²) in [5, 5.41) is 0. The van der Waals surface area contributed by atoms with E-state index >= 15 is 0 Å². The molecule has 0 atom stereocenters. The van der Waals surface area contributed by atoms with Crippen LogP contribution >= 0.6 is 0 Å². The van der Waals surface area contributed by atoms with E-state index in [1.807, 2.05) is 26.0 Å². The molecule has 0 amide bonds. The largest absolute Gasteiger partial charge is 0.494 e. The molecule has 0 saturated heterocycles. The fourth-order valence-electron chi connectivity index (χ4n) is 1.99. The minimum Gasteiger partial charge on any atom is -0.494 e. The summed E-state index contributed by atoms with van der Waals surface area (Å²) in [5.74, 6) is 7.82. The van der Waals surface area contributed by atoms with E-state index in [-0.39, 0.29) is 0 Å². The van der Waals surface area contributed by atoms with Crippen molar-refractivity contribution in [2.45, 2.75) is 20.3 Å². The van der Waals surface area contributed by atoms with Gasteiger partial charge in [0.1, 0.15) is 5.75 Å². The van der Waals surface area contributed by atoms with E-state index in [9.17, 15) is 8.78 Å². The zero-order valence-corrected chi connectivity index (χ0v) is 14.2. The SMILES string of the molecule is CCOc1ccc(C#C/C(F)=C(\F)C#Cc2ccc(CC)cc2)cc1. The van der Waals surface area contributed by atoms with E-state index in [1.54, 1.807) is 36.4 Å². The first-order chi connectivity index (χ1) is 12.1. The van der Waals surface area contributed by atoms with Crippen molar-refractivity contribution in [1.29, 1.82) is 0 Å². The molecule has 0 aliphatic carbocycles. The Balaban J connectivity index is 2.10. The van der Waals surface area contributed by atoms with E-state index in [1.165, 1.54) is 0 Å². The van der Waals surface area contributed by atoms with Crippen LogP contribution in [0.25, 0.3) is 0 Å². The van der Waals surface area contributed by atoms with Crippen molar-refractivity contribution in [2.75, 3.05) is 6.61 Å². The first kappa shape index (κ1) is 18.3. The van der Waals surface area contributed by atoms with Gasteiger partial charge in [-0.2, -0.15) is 8.78 Å². The van der Waals surface area contributed by atoms with Gasteiger partial charge in [-0.25, -0.2) is 0 Å². The average Bonchev–Trinajstić information content (AvgIpc) is 2.66. The third kappa shape index (κ3) is 5.83. The second-order valence-electron chi connectivity index (χ2n) is 5.14. The third-order valence-corrected chi connectivity index (χ3v) is 3.35. The van der Waals surface area contributed by atoms with E-state index in [2.05, 4.69) is 23.7 Å². The van der Waals surface area contributed by atoms with Gasteiger partial charge < -0.3 is 4.74 Å². The molecule has 2 aromatic carbocycles. The summed E-state index contributed by atoms with van der Waals surface area (Å²) >= 11 is 0. The molecule has 0 spiro atoms. The molecule has 2 aromatic rings. The van der Waals surface area contributed by atoms with Crippen molar-refractivity contribution in [3.63, 3.8) is 0 Å². The third-order valence-electron chi connectivity index (χ3n) is 3.35. The molecule has 0 bridgehead atoms.